The van der Waals surface area contributed by atoms with Crippen LogP contribution in [-0.4, -0.2) is 26.1 Å². The van der Waals surface area contributed by atoms with Crippen molar-refractivity contribution < 1.29 is 4.79 Å². The van der Waals surface area contributed by atoms with E-state index < -0.39 is 0 Å². The van der Waals surface area contributed by atoms with Gasteiger partial charge in [0.1, 0.15) is 0 Å². The molecule has 1 heterocycles. The van der Waals surface area contributed by atoms with Gasteiger partial charge in [-0.1, -0.05) is 6.42 Å². The number of carbonyl (C=O) groups excluding carboxylic acids is 1. The molecule has 1 aromatic rings. The Morgan fingerprint density at radius 1 is 1.38 bits per heavy atom. The van der Waals surface area contributed by atoms with Crippen LogP contribution in [0.1, 0.15) is 25.7 Å². The number of amides is 1. The molecular weight excluding hydrogens is 170 g/mol. The van der Waals surface area contributed by atoms with E-state index in [1.165, 1.54) is 0 Å². The van der Waals surface area contributed by atoms with Gasteiger partial charge >= 0.3 is 0 Å². The van der Waals surface area contributed by atoms with E-state index in [1.54, 1.807) is 4.68 Å². The predicted molar refractivity (Wildman–Crippen MR) is 44.3 cm³/mol. The molecule has 0 spiro atoms. The summed E-state index contributed by atoms with van der Waals surface area (Å²) in [5.41, 5.74) is 4.99. The van der Waals surface area contributed by atoms with E-state index in [0.29, 0.717) is 6.42 Å². The molecule has 1 amide bonds. The summed E-state index contributed by atoms with van der Waals surface area (Å²) in [6.07, 6.45) is 5.77. The quantitative estimate of drug-likeness (QED) is 0.602. The maximum absolute atomic E-state index is 10.4. The van der Waals surface area contributed by atoms with Crippen molar-refractivity contribution in [1.82, 2.24) is 20.2 Å². The maximum atomic E-state index is 10.4. The smallest absolute Gasteiger partial charge is 0.221 e. The van der Waals surface area contributed by atoms with Crippen LogP contribution < -0.4 is 5.73 Å². The number of hydrogen-bond donors (Lipinski definition) is 1. The minimum absolute atomic E-state index is 0.242. The Bertz CT molecular complexity index is 245. The normalized spacial score (nSPS) is 10.2. The molecule has 0 aliphatic heterocycles. The van der Waals surface area contributed by atoms with E-state index in [-0.39, 0.29) is 5.91 Å². The molecule has 0 bridgehead atoms. The second kappa shape index (κ2) is 5.23. The first-order valence-electron chi connectivity index (χ1n) is 4.21. The highest BCUT2D eigenvalue weighted by Crippen LogP contribution is 2.00. The van der Waals surface area contributed by atoms with Gasteiger partial charge in [0.05, 0.1) is 0 Å². The summed E-state index contributed by atoms with van der Waals surface area (Å²) >= 11 is 0. The molecule has 6 nitrogen and oxygen atoms in total. The first-order chi connectivity index (χ1) is 6.29. The Balaban J connectivity index is 1.99. The number of rotatable bonds is 6. The molecule has 6 heteroatoms. The molecule has 71 valence electrons. The van der Waals surface area contributed by atoms with Crippen molar-refractivity contribution in [3.8, 4) is 0 Å². The number of hydrogen-bond acceptors (Lipinski definition) is 4. The van der Waals surface area contributed by atoms with Gasteiger partial charge in [-0.25, -0.2) is 4.68 Å². The standard InChI is InChI=1S/C7H12N5O/c8-7(13)4-2-1-3-5-12-6-9-10-11-12/h1-5H2,(H2,8,13). The number of aryl methyl sites for hydroxylation is 1. The molecule has 0 aliphatic rings. The van der Waals surface area contributed by atoms with Crippen LogP contribution in [0.25, 0.3) is 0 Å². The summed E-state index contributed by atoms with van der Waals surface area (Å²) in [5, 5.41) is 10.5. The zero-order chi connectivity index (χ0) is 9.52. The number of aromatic nitrogens is 4. The van der Waals surface area contributed by atoms with Crippen LogP contribution >= 0.6 is 0 Å². The highest BCUT2D eigenvalue weighted by atomic mass is 16.1. The van der Waals surface area contributed by atoms with E-state index in [4.69, 9.17) is 5.73 Å². The zero-order valence-electron chi connectivity index (χ0n) is 7.31. The van der Waals surface area contributed by atoms with E-state index in [2.05, 4.69) is 21.9 Å². The molecule has 0 aliphatic carbocycles. The predicted octanol–water partition coefficient (Wildman–Crippen LogP) is -0.481. The van der Waals surface area contributed by atoms with Crippen LogP contribution in [0.15, 0.2) is 0 Å². The third-order valence-corrected chi connectivity index (χ3v) is 1.65. The van der Waals surface area contributed by atoms with Crippen LogP contribution in [-0.2, 0) is 11.3 Å². The van der Waals surface area contributed by atoms with E-state index in [1.807, 2.05) is 0 Å². The van der Waals surface area contributed by atoms with Gasteiger partial charge in [-0.05, 0) is 23.3 Å². The molecule has 13 heavy (non-hydrogen) atoms. The van der Waals surface area contributed by atoms with Crippen LogP contribution in [0.4, 0.5) is 0 Å². The average Bonchev–Trinajstić information content (AvgIpc) is 2.55. The average molecular weight is 182 g/mol. The Morgan fingerprint density at radius 3 is 2.85 bits per heavy atom. The Kier molecular flexibility index (Phi) is 3.87. The second-order valence-electron chi connectivity index (χ2n) is 2.78. The lowest BCUT2D eigenvalue weighted by molar-refractivity contribution is -0.118. The minimum atomic E-state index is -0.242. The summed E-state index contributed by atoms with van der Waals surface area (Å²) in [5.74, 6) is -0.242. The fourth-order valence-electron chi connectivity index (χ4n) is 0.992. The summed E-state index contributed by atoms with van der Waals surface area (Å²) < 4.78 is 1.55. The summed E-state index contributed by atoms with van der Waals surface area (Å²) in [6.45, 7) is 0.742. The molecule has 1 aromatic heterocycles. The first kappa shape index (κ1) is 9.63. The summed E-state index contributed by atoms with van der Waals surface area (Å²) in [7, 11) is 0. The molecule has 0 aromatic carbocycles. The molecule has 0 unspecified atom stereocenters. The van der Waals surface area contributed by atoms with Crippen molar-refractivity contribution in [3.05, 3.63) is 6.33 Å². The van der Waals surface area contributed by atoms with Crippen molar-refractivity contribution in [2.75, 3.05) is 0 Å². The molecule has 1 radical (unpaired) electrons. The number of tetrazole rings is 1. The largest absolute Gasteiger partial charge is 0.370 e. The van der Waals surface area contributed by atoms with Gasteiger partial charge in [-0.3, -0.25) is 4.79 Å². The monoisotopic (exact) mass is 182 g/mol. The van der Waals surface area contributed by atoms with Crippen LogP contribution in [0, 0.1) is 6.33 Å². The number of nitrogens with zero attached hydrogens (tertiary/aromatic N) is 4. The molecule has 0 saturated carbocycles. The number of primary amides is 1. The molecule has 1 rings (SSSR count). The van der Waals surface area contributed by atoms with Crippen molar-refractivity contribution in [2.24, 2.45) is 5.73 Å². The highest BCUT2D eigenvalue weighted by Gasteiger charge is 1.96. The van der Waals surface area contributed by atoms with Crippen molar-refractivity contribution in [1.29, 1.82) is 0 Å². The molecule has 0 saturated heterocycles. The van der Waals surface area contributed by atoms with Crippen LogP contribution in [0.3, 0.4) is 0 Å². The summed E-state index contributed by atoms with van der Waals surface area (Å²) in [4.78, 5) is 10.4. The van der Waals surface area contributed by atoms with Gasteiger partial charge in [0.15, 0.2) is 0 Å². The maximum Gasteiger partial charge on any atom is 0.221 e. The Hall–Kier alpha value is -1.46. The van der Waals surface area contributed by atoms with E-state index >= 15 is 0 Å². The lowest BCUT2D eigenvalue weighted by atomic mass is 10.2. The molecule has 0 atom stereocenters. The van der Waals surface area contributed by atoms with Gasteiger partial charge in [-0.2, -0.15) is 0 Å². The second-order valence-corrected chi connectivity index (χ2v) is 2.78. The fraction of sp³-hybridized carbons (Fsp3) is 0.714. The topological polar surface area (TPSA) is 86.7 Å². The van der Waals surface area contributed by atoms with Crippen molar-refractivity contribution in [2.45, 2.75) is 32.2 Å². The molecular formula is C7H12N5O. The number of nitrogens with two attached hydrogens (primary N) is 1. The van der Waals surface area contributed by atoms with Crippen LogP contribution in [0.5, 0.6) is 0 Å². The third kappa shape index (κ3) is 4.19. The Labute approximate surface area is 76.1 Å². The van der Waals surface area contributed by atoms with Gasteiger partial charge in [0, 0.05) is 13.0 Å². The molecule has 2 N–H and O–H groups in total. The number of carbonyl (C=O) groups is 1. The fourth-order valence-corrected chi connectivity index (χ4v) is 0.992. The minimum Gasteiger partial charge on any atom is -0.370 e. The zero-order valence-corrected chi connectivity index (χ0v) is 7.31. The van der Waals surface area contributed by atoms with Gasteiger partial charge < -0.3 is 5.73 Å². The van der Waals surface area contributed by atoms with Crippen molar-refractivity contribution >= 4 is 5.91 Å². The third-order valence-electron chi connectivity index (χ3n) is 1.65. The lowest BCUT2D eigenvalue weighted by Crippen LogP contribution is -2.09. The van der Waals surface area contributed by atoms with Gasteiger partial charge in [0.2, 0.25) is 12.2 Å². The molecule has 0 fully saturated rings. The summed E-state index contributed by atoms with van der Waals surface area (Å²) in [6, 6.07) is 0. The van der Waals surface area contributed by atoms with E-state index in [0.717, 1.165) is 25.8 Å². The van der Waals surface area contributed by atoms with Crippen molar-refractivity contribution in [3.63, 3.8) is 0 Å². The highest BCUT2D eigenvalue weighted by molar-refractivity contribution is 5.73. The SMILES string of the molecule is NC(=O)CCCCCn1[c]nnn1. The first-order valence-corrected chi connectivity index (χ1v) is 4.21. The van der Waals surface area contributed by atoms with Gasteiger partial charge in [-0.15, -0.1) is 5.10 Å². The lowest BCUT2D eigenvalue weighted by Gasteiger charge is -1.97. The number of unbranched alkanes of at least 4 members (excludes halogenated alkanes) is 2. The van der Waals surface area contributed by atoms with E-state index in [9.17, 15) is 4.79 Å². The van der Waals surface area contributed by atoms with Gasteiger partial charge in [0.25, 0.3) is 0 Å². The Morgan fingerprint density at radius 2 is 2.23 bits per heavy atom. The van der Waals surface area contributed by atoms with Crippen LogP contribution in [0.2, 0.25) is 0 Å².